The summed E-state index contributed by atoms with van der Waals surface area (Å²) in [6.45, 7) is 3.43. The van der Waals surface area contributed by atoms with Crippen molar-refractivity contribution in [1.82, 2.24) is 10.6 Å². The zero-order valence-electron chi connectivity index (χ0n) is 15.0. The molecule has 1 fully saturated rings. The zero-order valence-corrected chi connectivity index (χ0v) is 17.3. The van der Waals surface area contributed by atoms with Crippen molar-refractivity contribution in [3.05, 3.63) is 23.8 Å². The Kier molecular flexibility index (Phi) is 9.96. The fourth-order valence-electron chi connectivity index (χ4n) is 2.90. The van der Waals surface area contributed by atoms with Crippen LogP contribution in [-0.4, -0.2) is 48.5 Å². The van der Waals surface area contributed by atoms with Gasteiger partial charge in [-0.25, -0.2) is 0 Å². The molecule has 0 atom stereocenters. The van der Waals surface area contributed by atoms with E-state index < -0.39 is 0 Å². The SMILES string of the molecule is CCNC(=NCCc1ccc(OC)cc1O)NC1CCC(O)CC1.I. The van der Waals surface area contributed by atoms with Crippen LogP contribution in [0.2, 0.25) is 0 Å². The quantitative estimate of drug-likeness (QED) is 0.296. The fourth-order valence-corrected chi connectivity index (χ4v) is 2.90. The van der Waals surface area contributed by atoms with E-state index >= 15 is 0 Å². The second kappa shape index (κ2) is 11.4. The molecule has 0 bridgehead atoms. The van der Waals surface area contributed by atoms with Gasteiger partial charge in [-0.05, 0) is 50.7 Å². The summed E-state index contributed by atoms with van der Waals surface area (Å²) in [5.74, 6) is 1.69. The first-order valence-corrected chi connectivity index (χ1v) is 8.71. The average Bonchev–Trinajstić information content (AvgIpc) is 2.58. The molecule has 4 N–H and O–H groups in total. The summed E-state index contributed by atoms with van der Waals surface area (Å²) in [5.41, 5.74) is 0.858. The monoisotopic (exact) mass is 463 g/mol. The summed E-state index contributed by atoms with van der Waals surface area (Å²) < 4.78 is 5.09. The van der Waals surface area contributed by atoms with E-state index in [1.54, 1.807) is 13.2 Å². The number of nitrogens with one attached hydrogen (secondary N) is 2. The standard InChI is InChI=1S/C18H29N3O3.HI/c1-3-19-18(21-14-5-7-15(22)8-6-14)20-11-10-13-4-9-16(24-2)12-17(13)23;/h4,9,12,14-15,22-23H,3,5-8,10-11H2,1-2H3,(H2,19,20,21);1H. The minimum absolute atomic E-state index is 0. The van der Waals surface area contributed by atoms with Crippen LogP contribution in [0.15, 0.2) is 23.2 Å². The summed E-state index contributed by atoms with van der Waals surface area (Å²) in [4.78, 5) is 4.60. The van der Waals surface area contributed by atoms with E-state index in [0.717, 1.165) is 43.8 Å². The van der Waals surface area contributed by atoms with Crippen LogP contribution in [0, 0.1) is 0 Å². The van der Waals surface area contributed by atoms with Crippen molar-refractivity contribution in [2.45, 2.75) is 51.2 Å². The van der Waals surface area contributed by atoms with E-state index in [4.69, 9.17) is 4.74 Å². The van der Waals surface area contributed by atoms with E-state index in [1.165, 1.54) is 0 Å². The molecular formula is C18H30IN3O3. The van der Waals surface area contributed by atoms with Gasteiger partial charge in [0, 0.05) is 25.2 Å². The largest absolute Gasteiger partial charge is 0.508 e. The predicted molar refractivity (Wildman–Crippen MR) is 111 cm³/mol. The third kappa shape index (κ3) is 7.27. The number of nitrogens with zero attached hydrogens (tertiary/aromatic N) is 1. The molecule has 2 rings (SSSR count). The van der Waals surface area contributed by atoms with Crippen molar-refractivity contribution >= 4 is 29.9 Å². The maximum absolute atomic E-state index is 9.99. The van der Waals surface area contributed by atoms with Crippen molar-refractivity contribution in [2.24, 2.45) is 4.99 Å². The molecule has 1 saturated carbocycles. The summed E-state index contributed by atoms with van der Waals surface area (Å²) in [5, 5.41) is 26.3. The topological polar surface area (TPSA) is 86.1 Å². The van der Waals surface area contributed by atoms with Gasteiger partial charge >= 0.3 is 0 Å². The van der Waals surface area contributed by atoms with Crippen LogP contribution >= 0.6 is 24.0 Å². The maximum Gasteiger partial charge on any atom is 0.191 e. The molecule has 25 heavy (non-hydrogen) atoms. The molecule has 0 saturated heterocycles. The van der Waals surface area contributed by atoms with Crippen LogP contribution in [0.5, 0.6) is 11.5 Å². The molecule has 1 aromatic carbocycles. The van der Waals surface area contributed by atoms with Gasteiger partial charge < -0.3 is 25.6 Å². The van der Waals surface area contributed by atoms with Crippen LogP contribution in [-0.2, 0) is 6.42 Å². The molecule has 0 aliphatic heterocycles. The Balaban J connectivity index is 0.00000312. The Morgan fingerprint density at radius 1 is 1.28 bits per heavy atom. The van der Waals surface area contributed by atoms with Gasteiger partial charge in [-0.2, -0.15) is 0 Å². The van der Waals surface area contributed by atoms with Crippen molar-refractivity contribution in [1.29, 1.82) is 0 Å². The number of guanidine groups is 1. The predicted octanol–water partition coefficient (Wildman–Crippen LogP) is 2.42. The Morgan fingerprint density at radius 3 is 2.60 bits per heavy atom. The number of benzene rings is 1. The number of phenolic OH excluding ortho intramolecular Hbond substituents is 1. The average molecular weight is 463 g/mol. The highest BCUT2D eigenvalue weighted by Crippen LogP contribution is 2.23. The third-order valence-corrected chi connectivity index (χ3v) is 4.33. The van der Waals surface area contributed by atoms with Crippen molar-refractivity contribution in [3.63, 3.8) is 0 Å². The first-order valence-electron chi connectivity index (χ1n) is 8.71. The van der Waals surface area contributed by atoms with E-state index in [2.05, 4.69) is 15.6 Å². The zero-order chi connectivity index (χ0) is 17.4. The molecule has 1 aliphatic rings. The minimum Gasteiger partial charge on any atom is -0.508 e. The number of hydrogen-bond acceptors (Lipinski definition) is 4. The number of methoxy groups -OCH3 is 1. The number of halogens is 1. The molecule has 0 amide bonds. The Morgan fingerprint density at radius 2 is 2.00 bits per heavy atom. The molecule has 0 spiro atoms. The van der Waals surface area contributed by atoms with Crippen LogP contribution in [0.1, 0.15) is 38.2 Å². The lowest BCUT2D eigenvalue weighted by molar-refractivity contribution is 0.120. The summed E-state index contributed by atoms with van der Waals surface area (Å²) in [6.07, 6.45) is 4.12. The van der Waals surface area contributed by atoms with E-state index in [0.29, 0.717) is 24.8 Å². The van der Waals surface area contributed by atoms with Gasteiger partial charge in [0.15, 0.2) is 5.96 Å². The van der Waals surface area contributed by atoms with Crippen LogP contribution in [0.3, 0.4) is 0 Å². The normalized spacial score (nSPS) is 20.5. The first-order chi connectivity index (χ1) is 11.6. The van der Waals surface area contributed by atoms with E-state index in [-0.39, 0.29) is 35.8 Å². The van der Waals surface area contributed by atoms with Crippen molar-refractivity contribution in [3.8, 4) is 11.5 Å². The number of aromatic hydroxyl groups is 1. The van der Waals surface area contributed by atoms with Crippen LogP contribution in [0.25, 0.3) is 0 Å². The Bertz CT molecular complexity index is 546. The molecular weight excluding hydrogens is 433 g/mol. The van der Waals surface area contributed by atoms with Crippen LogP contribution < -0.4 is 15.4 Å². The number of aliphatic hydroxyl groups excluding tert-OH is 1. The van der Waals surface area contributed by atoms with Gasteiger partial charge in [-0.15, -0.1) is 24.0 Å². The number of aliphatic imine (C=N–C) groups is 1. The number of phenols is 1. The molecule has 1 aliphatic carbocycles. The third-order valence-electron chi connectivity index (χ3n) is 4.33. The maximum atomic E-state index is 9.99. The number of rotatable bonds is 6. The van der Waals surface area contributed by atoms with Crippen molar-refractivity contribution in [2.75, 3.05) is 20.2 Å². The van der Waals surface area contributed by atoms with Crippen molar-refractivity contribution < 1.29 is 14.9 Å². The van der Waals surface area contributed by atoms with Crippen LogP contribution in [0.4, 0.5) is 0 Å². The molecule has 0 aromatic heterocycles. The highest BCUT2D eigenvalue weighted by Gasteiger charge is 2.19. The number of aliphatic hydroxyl groups is 1. The van der Waals surface area contributed by atoms with E-state index in [9.17, 15) is 10.2 Å². The highest BCUT2D eigenvalue weighted by molar-refractivity contribution is 14.0. The smallest absolute Gasteiger partial charge is 0.191 e. The number of ether oxygens (including phenoxy) is 1. The number of hydrogen-bond donors (Lipinski definition) is 4. The highest BCUT2D eigenvalue weighted by atomic mass is 127. The molecule has 6 nitrogen and oxygen atoms in total. The lowest BCUT2D eigenvalue weighted by atomic mass is 9.93. The minimum atomic E-state index is -0.152. The van der Waals surface area contributed by atoms with Gasteiger partial charge in [-0.1, -0.05) is 6.07 Å². The molecule has 0 heterocycles. The van der Waals surface area contributed by atoms with Gasteiger partial charge in [0.2, 0.25) is 0 Å². The fraction of sp³-hybridized carbons (Fsp3) is 0.611. The lowest BCUT2D eigenvalue weighted by Crippen LogP contribution is -2.45. The molecule has 0 radical (unpaired) electrons. The Hall–Kier alpha value is -1.22. The second-order valence-electron chi connectivity index (χ2n) is 6.16. The van der Waals surface area contributed by atoms with Gasteiger partial charge in [0.05, 0.1) is 13.2 Å². The van der Waals surface area contributed by atoms with E-state index in [1.807, 2.05) is 19.1 Å². The molecule has 142 valence electrons. The summed E-state index contributed by atoms with van der Waals surface area (Å²) >= 11 is 0. The molecule has 0 unspecified atom stereocenters. The summed E-state index contributed by atoms with van der Waals surface area (Å²) in [7, 11) is 1.58. The second-order valence-corrected chi connectivity index (χ2v) is 6.16. The van der Waals surface area contributed by atoms with Gasteiger partial charge in [-0.3, -0.25) is 4.99 Å². The lowest BCUT2D eigenvalue weighted by Gasteiger charge is -2.27. The first kappa shape index (κ1) is 21.8. The van der Waals surface area contributed by atoms with Gasteiger partial charge in [0.25, 0.3) is 0 Å². The molecule has 7 heteroatoms. The molecule has 1 aromatic rings. The van der Waals surface area contributed by atoms with Gasteiger partial charge in [0.1, 0.15) is 11.5 Å². The summed E-state index contributed by atoms with van der Waals surface area (Å²) in [6, 6.07) is 5.69. The Labute approximate surface area is 167 Å².